The Bertz CT molecular complexity index is 1120. The summed E-state index contributed by atoms with van der Waals surface area (Å²) in [5, 5.41) is 11.1. The standard InChI is InChI=1S/C17H16ClN3O8S/c1-20(28-2)30(26,27)15-8-11(5-6-13(15)18)17(23)29-9-12-4-3-10(16(19)22)7-14(12)21(24)25/h3-8H,9H2,1-2H3,(H2,19,22). The number of rotatable bonds is 8. The zero-order valence-electron chi connectivity index (χ0n) is 15.7. The van der Waals surface area contributed by atoms with E-state index in [4.69, 9.17) is 22.1 Å². The molecule has 11 nitrogen and oxygen atoms in total. The van der Waals surface area contributed by atoms with E-state index in [9.17, 15) is 28.1 Å². The number of carbonyl (C=O) groups excluding carboxylic acids is 2. The number of nitro benzene ring substituents is 1. The second kappa shape index (κ2) is 9.17. The molecule has 0 saturated carbocycles. The minimum absolute atomic E-state index is 0.0132. The number of nitrogens with two attached hydrogens (primary N) is 1. The lowest BCUT2D eigenvalue weighted by Crippen LogP contribution is -2.26. The van der Waals surface area contributed by atoms with Gasteiger partial charge in [-0.05, 0) is 30.3 Å². The number of nitro groups is 1. The van der Waals surface area contributed by atoms with Crippen LogP contribution in [0.15, 0.2) is 41.3 Å². The van der Waals surface area contributed by atoms with Crippen LogP contribution in [0.2, 0.25) is 5.02 Å². The molecule has 13 heteroatoms. The molecule has 2 N–H and O–H groups in total. The van der Waals surface area contributed by atoms with Gasteiger partial charge < -0.3 is 10.5 Å². The van der Waals surface area contributed by atoms with Gasteiger partial charge in [0.1, 0.15) is 11.5 Å². The first-order valence-corrected chi connectivity index (χ1v) is 9.87. The van der Waals surface area contributed by atoms with Crippen LogP contribution in [-0.2, 0) is 26.2 Å². The maximum atomic E-state index is 12.4. The molecular weight excluding hydrogens is 442 g/mol. The Kier molecular flexibility index (Phi) is 7.10. The summed E-state index contributed by atoms with van der Waals surface area (Å²) in [5.74, 6) is -1.80. The molecule has 2 aromatic rings. The smallest absolute Gasteiger partial charge is 0.338 e. The summed E-state index contributed by atoms with van der Waals surface area (Å²) in [7, 11) is -1.85. The fraction of sp³-hybridized carbons (Fsp3) is 0.176. The summed E-state index contributed by atoms with van der Waals surface area (Å²) >= 11 is 5.93. The highest BCUT2D eigenvalue weighted by Gasteiger charge is 2.26. The lowest BCUT2D eigenvalue weighted by atomic mass is 10.1. The van der Waals surface area contributed by atoms with E-state index in [1.54, 1.807) is 0 Å². The van der Waals surface area contributed by atoms with Crippen molar-refractivity contribution in [1.82, 2.24) is 4.47 Å². The Hall–Kier alpha value is -3.06. The van der Waals surface area contributed by atoms with Gasteiger partial charge >= 0.3 is 5.97 Å². The van der Waals surface area contributed by atoms with E-state index >= 15 is 0 Å². The molecule has 2 aromatic carbocycles. The highest BCUT2D eigenvalue weighted by atomic mass is 35.5. The Labute approximate surface area is 176 Å². The molecule has 2 rings (SSSR count). The van der Waals surface area contributed by atoms with E-state index < -0.39 is 39.1 Å². The van der Waals surface area contributed by atoms with Crippen LogP contribution >= 0.6 is 11.6 Å². The van der Waals surface area contributed by atoms with Crippen LogP contribution in [0.1, 0.15) is 26.3 Å². The van der Waals surface area contributed by atoms with Crippen molar-refractivity contribution in [3.63, 3.8) is 0 Å². The fourth-order valence-electron chi connectivity index (χ4n) is 2.30. The van der Waals surface area contributed by atoms with Crippen LogP contribution in [0.3, 0.4) is 0 Å². The topological polar surface area (TPSA) is 159 Å². The van der Waals surface area contributed by atoms with Crippen molar-refractivity contribution in [1.29, 1.82) is 0 Å². The van der Waals surface area contributed by atoms with Gasteiger partial charge in [0, 0.05) is 18.7 Å². The molecule has 0 radical (unpaired) electrons. The van der Waals surface area contributed by atoms with Gasteiger partial charge in [0.2, 0.25) is 5.91 Å². The molecule has 160 valence electrons. The number of carbonyl (C=O) groups is 2. The summed E-state index contributed by atoms with van der Waals surface area (Å²) < 4.78 is 30.4. The normalized spacial score (nSPS) is 11.3. The number of halogens is 1. The average molecular weight is 458 g/mol. The van der Waals surface area contributed by atoms with Crippen molar-refractivity contribution < 1.29 is 32.5 Å². The summed E-state index contributed by atoms with van der Waals surface area (Å²) in [6, 6.07) is 6.89. The SMILES string of the molecule is CON(C)S(=O)(=O)c1cc(C(=O)OCc2ccc(C(N)=O)cc2[N+](=O)[O-])ccc1Cl. The van der Waals surface area contributed by atoms with Gasteiger partial charge in [0.25, 0.3) is 15.7 Å². The lowest BCUT2D eigenvalue weighted by Gasteiger charge is -2.15. The number of ether oxygens (including phenoxy) is 1. The largest absolute Gasteiger partial charge is 0.457 e. The van der Waals surface area contributed by atoms with Gasteiger partial charge in [0.15, 0.2) is 0 Å². The zero-order chi connectivity index (χ0) is 22.6. The molecule has 30 heavy (non-hydrogen) atoms. The molecule has 0 fully saturated rings. The molecular formula is C17H16ClN3O8S. The number of hydrogen-bond donors (Lipinski definition) is 1. The Morgan fingerprint density at radius 2 is 1.83 bits per heavy atom. The first kappa shape index (κ1) is 23.2. The number of hydrogen-bond acceptors (Lipinski definition) is 8. The Balaban J connectivity index is 2.29. The van der Waals surface area contributed by atoms with Crippen LogP contribution < -0.4 is 5.73 Å². The highest BCUT2D eigenvalue weighted by molar-refractivity contribution is 7.89. The fourth-order valence-corrected chi connectivity index (χ4v) is 3.77. The number of amides is 1. The van der Waals surface area contributed by atoms with E-state index in [1.807, 2.05) is 0 Å². The van der Waals surface area contributed by atoms with E-state index in [2.05, 4.69) is 4.84 Å². The van der Waals surface area contributed by atoms with Gasteiger partial charge in [0.05, 0.1) is 28.2 Å². The maximum Gasteiger partial charge on any atom is 0.338 e. The van der Waals surface area contributed by atoms with Crippen molar-refractivity contribution in [3.8, 4) is 0 Å². The summed E-state index contributed by atoms with van der Waals surface area (Å²) in [6.45, 7) is -0.503. The molecule has 0 aromatic heterocycles. The van der Waals surface area contributed by atoms with Crippen LogP contribution in [0.25, 0.3) is 0 Å². The summed E-state index contributed by atoms with van der Waals surface area (Å²) in [6.07, 6.45) is 0. The van der Waals surface area contributed by atoms with Crippen LogP contribution in [-0.4, -0.2) is 43.8 Å². The number of sulfonamides is 1. The molecule has 0 bridgehead atoms. The molecule has 0 spiro atoms. The molecule has 0 aliphatic carbocycles. The predicted octanol–water partition coefficient (Wildman–Crippen LogP) is 1.89. The number of hydroxylamine groups is 1. The van der Waals surface area contributed by atoms with Gasteiger partial charge in [-0.2, -0.15) is 0 Å². The van der Waals surface area contributed by atoms with Crippen LogP contribution in [0.5, 0.6) is 0 Å². The summed E-state index contributed by atoms with van der Waals surface area (Å²) in [5.41, 5.74) is 4.43. The molecule has 0 aliphatic rings. The van der Waals surface area contributed by atoms with Crippen molar-refractivity contribution >= 4 is 39.2 Å². The minimum Gasteiger partial charge on any atom is -0.457 e. The molecule has 0 unspecified atom stereocenters. The van der Waals surface area contributed by atoms with E-state index in [1.165, 1.54) is 24.3 Å². The minimum atomic E-state index is -4.14. The highest BCUT2D eigenvalue weighted by Crippen LogP contribution is 2.26. The van der Waals surface area contributed by atoms with Crippen molar-refractivity contribution in [2.45, 2.75) is 11.5 Å². The monoisotopic (exact) mass is 457 g/mol. The molecule has 1 amide bonds. The van der Waals surface area contributed by atoms with Crippen LogP contribution in [0, 0.1) is 10.1 Å². The lowest BCUT2D eigenvalue weighted by molar-refractivity contribution is -0.385. The Morgan fingerprint density at radius 1 is 1.20 bits per heavy atom. The second-order valence-corrected chi connectivity index (χ2v) is 8.09. The molecule has 0 saturated heterocycles. The van der Waals surface area contributed by atoms with Gasteiger partial charge in [-0.1, -0.05) is 16.1 Å². The third kappa shape index (κ3) is 4.91. The summed E-state index contributed by atoms with van der Waals surface area (Å²) in [4.78, 5) is 38.3. The Morgan fingerprint density at radius 3 is 2.40 bits per heavy atom. The van der Waals surface area contributed by atoms with E-state index in [-0.39, 0.29) is 26.6 Å². The van der Waals surface area contributed by atoms with E-state index in [0.29, 0.717) is 4.47 Å². The molecule has 0 atom stereocenters. The quantitative estimate of drug-likeness (QED) is 0.357. The van der Waals surface area contributed by atoms with Crippen molar-refractivity contribution in [2.75, 3.05) is 14.2 Å². The van der Waals surface area contributed by atoms with Gasteiger partial charge in [-0.25, -0.2) is 13.2 Å². The second-order valence-electron chi connectivity index (χ2n) is 5.78. The first-order chi connectivity index (χ1) is 14.0. The number of primary amides is 1. The average Bonchev–Trinajstić information content (AvgIpc) is 2.71. The van der Waals surface area contributed by atoms with Crippen molar-refractivity contribution in [2.24, 2.45) is 5.73 Å². The number of benzene rings is 2. The first-order valence-electron chi connectivity index (χ1n) is 8.06. The predicted molar refractivity (Wildman–Crippen MR) is 104 cm³/mol. The van der Waals surface area contributed by atoms with E-state index in [0.717, 1.165) is 26.3 Å². The molecule has 0 heterocycles. The van der Waals surface area contributed by atoms with Gasteiger partial charge in [-0.15, -0.1) is 0 Å². The van der Waals surface area contributed by atoms with Crippen molar-refractivity contribution in [3.05, 3.63) is 68.2 Å². The molecule has 0 aliphatic heterocycles. The van der Waals surface area contributed by atoms with Gasteiger partial charge in [-0.3, -0.25) is 19.7 Å². The third-order valence-electron chi connectivity index (χ3n) is 3.97. The number of esters is 1. The zero-order valence-corrected chi connectivity index (χ0v) is 17.3. The third-order valence-corrected chi connectivity index (χ3v) is 6.13. The van der Waals surface area contributed by atoms with Crippen LogP contribution in [0.4, 0.5) is 5.69 Å². The number of nitrogens with zero attached hydrogens (tertiary/aromatic N) is 2. The maximum absolute atomic E-state index is 12.4.